The Morgan fingerprint density at radius 1 is 1.00 bits per heavy atom. The fraction of sp³-hybridized carbons (Fsp3) is 1.00. The molecule has 0 aliphatic rings. The maximum absolute atomic E-state index is 10.6. The number of rotatable bonds is 13. The summed E-state index contributed by atoms with van der Waals surface area (Å²) in [5.41, 5.74) is 16.8. The van der Waals surface area contributed by atoms with Crippen molar-refractivity contribution in [3.8, 4) is 0 Å². The van der Waals surface area contributed by atoms with Gasteiger partial charge in [0.15, 0.2) is 11.1 Å². The summed E-state index contributed by atoms with van der Waals surface area (Å²) in [7, 11) is 2.75. The Hall–Kier alpha value is 1.54. The van der Waals surface area contributed by atoms with E-state index in [0.29, 0.717) is 17.9 Å². The molecule has 0 saturated heterocycles. The summed E-state index contributed by atoms with van der Waals surface area (Å²) in [5, 5.41) is 7.07. The van der Waals surface area contributed by atoms with Gasteiger partial charge in [0.25, 0.3) is 0 Å². The van der Waals surface area contributed by atoms with Crippen LogP contribution < -0.4 is 59.1 Å². The average Bonchev–Trinajstić information content (AvgIpc) is 2.46. The van der Waals surface area contributed by atoms with Gasteiger partial charge in [-0.15, -0.1) is 0 Å². The first-order valence-corrected chi connectivity index (χ1v) is 11.0. The number of azide groups is 2. The van der Waals surface area contributed by atoms with Gasteiger partial charge in [0.2, 0.25) is 0 Å². The van der Waals surface area contributed by atoms with Crippen molar-refractivity contribution in [3.63, 3.8) is 0 Å². The standard InChI is InChI=1S/C8H16N6O4S4.2Na/c9-13-11-7(1-3-21(15)16)5-19-20-6-8(12-14-10)2-4-22(17)18;;/h7-8H,1-6H2,(H,15,16)(H,17,18);;/q;2*+1/p-1/t7-,8-;;/m1../s1. The summed E-state index contributed by atoms with van der Waals surface area (Å²) in [4.78, 5) is 5.37. The van der Waals surface area contributed by atoms with Crippen molar-refractivity contribution >= 4 is 43.7 Å². The quantitative estimate of drug-likeness (QED) is 0.0602. The van der Waals surface area contributed by atoms with Gasteiger partial charge < -0.3 is 9.11 Å². The van der Waals surface area contributed by atoms with Gasteiger partial charge in [-0.1, -0.05) is 42.9 Å². The molecule has 0 aromatic rings. The van der Waals surface area contributed by atoms with Crippen molar-refractivity contribution < 1.29 is 76.6 Å². The molecule has 0 heterocycles. The van der Waals surface area contributed by atoms with Gasteiger partial charge in [0, 0.05) is 44.9 Å². The summed E-state index contributed by atoms with van der Waals surface area (Å²) in [5.74, 6) is 0.841. The van der Waals surface area contributed by atoms with E-state index < -0.39 is 34.2 Å². The molecule has 0 bridgehead atoms. The topological polar surface area (TPSA) is 175 Å². The largest absolute Gasteiger partial charge is 1.00 e. The van der Waals surface area contributed by atoms with Gasteiger partial charge in [-0.05, 0) is 23.9 Å². The van der Waals surface area contributed by atoms with E-state index in [0.717, 1.165) is 0 Å². The van der Waals surface area contributed by atoms with Crippen molar-refractivity contribution in [3.05, 3.63) is 20.9 Å². The molecule has 0 aliphatic carbocycles. The Morgan fingerprint density at radius 2 is 1.42 bits per heavy atom. The number of hydrogen-bond donors (Lipinski definition) is 1. The van der Waals surface area contributed by atoms with E-state index in [1.165, 1.54) is 21.6 Å². The molecule has 0 radical (unpaired) electrons. The van der Waals surface area contributed by atoms with Gasteiger partial charge >= 0.3 is 59.1 Å². The van der Waals surface area contributed by atoms with Crippen LogP contribution in [0.25, 0.3) is 20.9 Å². The minimum atomic E-state index is -2.17. The smallest absolute Gasteiger partial charge is 0.772 e. The van der Waals surface area contributed by atoms with Crippen molar-refractivity contribution in [1.82, 2.24) is 0 Å². The molecular weight excluding hydrogens is 418 g/mol. The van der Waals surface area contributed by atoms with Crippen LogP contribution in [-0.4, -0.2) is 52.6 Å². The van der Waals surface area contributed by atoms with Crippen LogP contribution in [-0.2, 0) is 22.2 Å². The van der Waals surface area contributed by atoms with Crippen molar-refractivity contribution in [2.24, 2.45) is 10.2 Å². The first-order chi connectivity index (χ1) is 10.5. The van der Waals surface area contributed by atoms with Gasteiger partial charge in [-0.3, -0.25) is 4.21 Å². The second-order valence-electron chi connectivity index (χ2n) is 3.90. The van der Waals surface area contributed by atoms with Gasteiger partial charge in [-0.25, -0.2) is 4.21 Å². The summed E-state index contributed by atoms with van der Waals surface area (Å²) < 4.78 is 40.3. The molecule has 10 nitrogen and oxygen atoms in total. The second-order valence-corrected chi connectivity index (χ2v) is 8.52. The van der Waals surface area contributed by atoms with Gasteiger partial charge in [-0.2, -0.15) is 0 Å². The zero-order chi connectivity index (χ0) is 16.8. The van der Waals surface area contributed by atoms with Crippen LogP contribution in [0.1, 0.15) is 12.8 Å². The predicted molar refractivity (Wildman–Crippen MR) is 89.4 cm³/mol. The van der Waals surface area contributed by atoms with E-state index in [-0.39, 0.29) is 77.0 Å². The zero-order valence-corrected chi connectivity index (χ0v) is 20.7. The van der Waals surface area contributed by atoms with E-state index >= 15 is 0 Å². The molecule has 0 rings (SSSR count). The second kappa shape index (κ2) is 20.8. The number of hydrogen-bond acceptors (Lipinski definition) is 7. The SMILES string of the molecule is [N-]=[N+]=N[C@H](CCS(=O)[O-])CSSC[C@@H](CCS(=O)O)N=[N+]=[N-].[Na+].[Na+]. The monoisotopic (exact) mass is 433 g/mol. The summed E-state index contributed by atoms with van der Waals surface area (Å²) in [6, 6.07) is -0.825. The third kappa shape index (κ3) is 19.9. The molecule has 1 N–H and O–H groups in total. The summed E-state index contributed by atoms with van der Waals surface area (Å²) in [6.45, 7) is 0. The molecular formula is C8H15N6Na2O4S4+. The zero-order valence-electron chi connectivity index (χ0n) is 13.4. The van der Waals surface area contributed by atoms with Crippen molar-refractivity contribution in [1.29, 1.82) is 0 Å². The molecule has 0 saturated carbocycles. The van der Waals surface area contributed by atoms with E-state index in [1.54, 1.807) is 0 Å². The summed E-state index contributed by atoms with van der Waals surface area (Å²) in [6.07, 6.45) is 0.548. The molecule has 0 aromatic heterocycles. The van der Waals surface area contributed by atoms with E-state index in [4.69, 9.17) is 15.6 Å². The van der Waals surface area contributed by atoms with Gasteiger partial charge in [0.05, 0.1) is 0 Å². The Labute approximate surface area is 197 Å². The Morgan fingerprint density at radius 3 is 1.75 bits per heavy atom. The van der Waals surface area contributed by atoms with Crippen LogP contribution in [0.2, 0.25) is 0 Å². The fourth-order valence-corrected chi connectivity index (χ4v) is 4.65. The minimum Gasteiger partial charge on any atom is -0.772 e. The van der Waals surface area contributed by atoms with E-state index in [2.05, 4.69) is 20.1 Å². The maximum Gasteiger partial charge on any atom is 1.00 e. The molecule has 0 spiro atoms. The van der Waals surface area contributed by atoms with Crippen molar-refractivity contribution in [2.45, 2.75) is 24.9 Å². The maximum atomic E-state index is 10.6. The minimum absolute atomic E-state index is 0. The number of nitrogens with zero attached hydrogens (tertiary/aromatic N) is 6. The Bertz CT molecular complexity index is 435. The fourth-order valence-electron chi connectivity index (χ4n) is 1.22. The predicted octanol–water partition coefficient (Wildman–Crippen LogP) is -3.39. The van der Waals surface area contributed by atoms with E-state index in [1.807, 2.05) is 0 Å². The molecule has 0 fully saturated rings. The first kappa shape index (κ1) is 30.3. The molecule has 0 aliphatic heterocycles. The van der Waals surface area contributed by atoms with Crippen LogP contribution in [0.15, 0.2) is 10.2 Å². The Kier molecular flexibility index (Phi) is 26.3. The summed E-state index contributed by atoms with van der Waals surface area (Å²) >= 11 is -4.10. The molecule has 126 valence electrons. The van der Waals surface area contributed by atoms with Gasteiger partial charge in [0.1, 0.15) is 0 Å². The molecule has 16 heteroatoms. The third-order valence-corrected chi connectivity index (χ3v) is 5.96. The van der Waals surface area contributed by atoms with Crippen LogP contribution in [0, 0.1) is 0 Å². The van der Waals surface area contributed by atoms with E-state index in [9.17, 15) is 13.0 Å². The van der Waals surface area contributed by atoms with Crippen LogP contribution >= 0.6 is 21.6 Å². The Balaban J connectivity index is -0.00000220. The van der Waals surface area contributed by atoms with Crippen LogP contribution in [0.3, 0.4) is 0 Å². The molecule has 0 aromatic carbocycles. The normalized spacial score (nSPS) is 14.6. The van der Waals surface area contributed by atoms with Crippen LogP contribution in [0.4, 0.5) is 0 Å². The molecule has 0 amide bonds. The molecule has 24 heavy (non-hydrogen) atoms. The van der Waals surface area contributed by atoms with Crippen LogP contribution in [0.5, 0.6) is 0 Å². The van der Waals surface area contributed by atoms with Crippen molar-refractivity contribution in [2.75, 3.05) is 23.0 Å². The first-order valence-electron chi connectivity index (χ1n) is 5.95. The average molecular weight is 433 g/mol. The molecule has 4 atom stereocenters. The molecule has 2 unspecified atom stereocenters. The third-order valence-electron chi connectivity index (χ3n) is 2.28.